The molecule has 1 fully saturated rings. The van der Waals surface area contributed by atoms with Crippen LogP contribution in [0.2, 0.25) is 0 Å². The Morgan fingerprint density at radius 3 is 2.44 bits per heavy atom. The molecule has 0 amide bonds. The zero-order valence-electron chi connectivity index (χ0n) is 17.0. The maximum Gasteiger partial charge on any atom is 0.191 e. The number of ether oxygens (including phenoxy) is 1. The molecule has 1 saturated carbocycles. The smallest absolute Gasteiger partial charge is 0.191 e. The van der Waals surface area contributed by atoms with Crippen LogP contribution in [0.1, 0.15) is 66.7 Å². The fraction of sp³-hybridized carbons (Fsp3) is 0.947. The Hall–Kier alpha value is -0.620. The van der Waals surface area contributed by atoms with E-state index in [1.165, 1.54) is 25.7 Å². The fourth-order valence-corrected chi connectivity index (χ4v) is 4.10. The van der Waals surface area contributed by atoms with E-state index in [2.05, 4.69) is 17.6 Å². The minimum absolute atomic E-state index is 0.162. The van der Waals surface area contributed by atoms with Gasteiger partial charge in [-0.3, -0.25) is 9.20 Å². The lowest BCUT2D eigenvalue weighted by atomic mass is 9.83. The van der Waals surface area contributed by atoms with Crippen molar-refractivity contribution < 1.29 is 8.95 Å². The van der Waals surface area contributed by atoms with Crippen LogP contribution in [-0.4, -0.2) is 53.5 Å². The van der Waals surface area contributed by atoms with E-state index in [9.17, 15) is 4.21 Å². The molecule has 6 heteroatoms. The van der Waals surface area contributed by atoms with Crippen LogP contribution >= 0.6 is 0 Å². The quantitative estimate of drug-likeness (QED) is 0.351. The Balaban J connectivity index is 2.56. The van der Waals surface area contributed by atoms with Gasteiger partial charge in [-0.1, -0.05) is 12.8 Å². The molecule has 0 aliphatic heterocycles. The fourth-order valence-electron chi connectivity index (χ4n) is 3.20. The highest BCUT2D eigenvalue weighted by Crippen LogP contribution is 2.41. The molecular weight excluding hydrogens is 334 g/mol. The summed E-state index contributed by atoms with van der Waals surface area (Å²) in [5.74, 6) is 1.49. The lowest BCUT2D eigenvalue weighted by Crippen LogP contribution is -2.41. The Morgan fingerprint density at radius 2 is 1.88 bits per heavy atom. The number of hydrogen-bond donors (Lipinski definition) is 2. The third-order valence-corrected chi connectivity index (χ3v) is 6.77. The third-order valence-electron chi connectivity index (χ3n) is 4.82. The maximum absolute atomic E-state index is 12.2. The SMILES string of the molecule is CCNC(=NCC1(CCOCC)CCCC1)NCCS(=O)C(C)(C)C. The number of hydrogen-bond acceptors (Lipinski definition) is 3. The van der Waals surface area contributed by atoms with Gasteiger partial charge in [-0.25, -0.2) is 0 Å². The van der Waals surface area contributed by atoms with Gasteiger partial charge in [-0.2, -0.15) is 0 Å². The normalized spacial score (nSPS) is 19.0. The van der Waals surface area contributed by atoms with Crippen molar-refractivity contribution in [3.8, 4) is 0 Å². The minimum atomic E-state index is -0.839. The highest BCUT2D eigenvalue weighted by Gasteiger charge is 2.33. The van der Waals surface area contributed by atoms with E-state index in [4.69, 9.17) is 9.73 Å². The summed E-state index contributed by atoms with van der Waals surface area (Å²) in [6.45, 7) is 14.2. The van der Waals surface area contributed by atoms with Crippen LogP contribution < -0.4 is 10.6 Å². The van der Waals surface area contributed by atoms with Gasteiger partial charge in [0.2, 0.25) is 0 Å². The van der Waals surface area contributed by atoms with Crippen LogP contribution in [0.5, 0.6) is 0 Å². The summed E-state index contributed by atoms with van der Waals surface area (Å²) in [5.41, 5.74) is 0.297. The summed E-state index contributed by atoms with van der Waals surface area (Å²) in [7, 11) is -0.839. The molecular formula is C19H39N3O2S. The number of nitrogens with one attached hydrogen (secondary N) is 2. The zero-order chi connectivity index (χ0) is 18.8. The Labute approximate surface area is 157 Å². The molecule has 0 heterocycles. The van der Waals surface area contributed by atoms with Gasteiger partial charge in [0, 0.05) is 54.1 Å². The van der Waals surface area contributed by atoms with E-state index in [0.717, 1.165) is 38.7 Å². The van der Waals surface area contributed by atoms with Gasteiger partial charge in [0.25, 0.3) is 0 Å². The van der Waals surface area contributed by atoms with E-state index in [0.29, 0.717) is 17.7 Å². The van der Waals surface area contributed by atoms with Crippen LogP contribution in [0.3, 0.4) is 0 Å². The molecule has 25 heavy (non-hydrogen) atoms. The molecule has 0 radical (unpaired) electrons. The van der Waals surface area contributed by atoms with Crippen molar-refractivity contribution in [3.63, 3.8) is 0 Å². The van der Waals surface area contributed by atoms with Crippen molar-refractivity contribution >= 4 is 16.8 Å². The number of guanidine groups is 1. The first-order valence-electron chi connectivity index (χ1n) is 9.81. The molecule has 0 saturated heterocycles. The molecule has 1 aliphatic rings. The Bertz CT molecular complexity index is 427. The van der Waals surface area contributed by atoms with Crippen molar-refractivity contribution in [1.29, 1.82) is 0 Å². The molecule has 1 unspecified atom stereocenters. The van der Waals surface area contributed by atoms with Crippen molar-refractivity contribution in [2.45, 2.75) is 71.5 Å². The minimum Gasteiger partial charge on any atom is -0.382 e. The zero-order valence-corrected chi connectivity index (χ0v) is 17.8. The number of aliphatic imine (C=N–C) groups is 1. The summed E-state index contributed by atoms with van der Waals surface area (Å²) < 4.78 is 17.6. The summed E-state index contributed by atoms with van der Waals surface area (Å²) in [6, 6.07) is 0. The first kappa shape index (κ1) is 22.4. The van der Waals surface area contributed by atoms with Crippen molar-refractivity contribution in [1.82, 2.24) is 10.6 Å². The van der Waals surface area contributed by atoms with Crippen LogP contribution in [0, 0.1) is 5.41 Å². The largest absolute Gasteiger partial charge is 0.382 e. The van der Waals surface area contributed by atoms with E-state index in [1.807, 2.05) is 27.7 Å². The van der Waals surface area contributed by atoms with Crippen LogP contribution in [0.15, 0.2) is 4.99 Å². The second kappa shape index (κ2) is 11.2. The molecule has 0 bridgehead atoms. The van der Waals surface area contributed by atoms with Gasteiger partial charge in [-0.15, -0.1) is 0 Å². The molecule has 0 aromatic rings. The highest BCUT2D eigenvalue weighted by atomic mass is 32.2. The molecule has 0 aromatic carbocycles. The Kier molecular flexibility index (Phi) is 10.0. The predicted molar refractivity (Wildman–Crippen MR) is 109 cm³/mol. The second-order valence-electron chi connectivity index (χ2n) is 7.94. The number of rotatable bonds is 10. The van der Waals surface area contributed by atoms with Crippen LogP contribution in [0.4, 0.5) is 0 Å². The van der Waals surface area contributed by atoms with Crippen molar-refractivity contribution in [3.05, 3.63) is 0 Å². The lowest BCUT2D eigenvalue weighted by Gasteiger charge is -2.27. The summed E-state index contributed by atoms with van der Waals surface area (Å²) in [4.78, 5) is 4.85. The predicted octanol–water partition coefficient (Wildman–Crippen LogP) is 3.08. The topological polar surface area (TPSA) is 62.7 Å². The monoisotopic (exact) mass is 373 g/mol. The number of nitrogens with zero attached hydrogens (tertiary/aromatic N) is 1. The molecule has 5 nitrogen and oxygen atoms in total. The molecule has 1 atom stereocenters. The van der Waals surface area contributed by atoms with Gasteiger partial charge in [0.15, 0.2) is 5.96 Å². The van der Waals surface area contributed by atoms with E-state index >= 15 is 0 Å². The van der Waals surface area contributed by atoms with Gasteiger partial charge in [0.1, 0.15) is 0 Å². The Morgan fingerprint density at radius 1 is 1.20 bits per heavy atom. The second-order valence-corrected chi connectivity index (χ2v) is 10.3. The molecule has 148 valence electrons. The standard InChI is InChI=1S/C19H39N3O2S/c1-6-20-17(21-13-15-25(23)18(3,4)5)22-16-19(10-8-9-11-19)12-14-24-7-2/h6-16H2,1-5H3,(H2,20,21,22). The molecule has 2 N–H and O–H groups in total. The molecule has 1 rings (SSSR count). The summed E-state index contributed by atoms with van der Waals surface area (Å²) in [6.07, 6.45) is 6.19. The molecule has 0 spiro atoms. The maximum atomic E-state index is 12.2. The van der Waals surface area contributed by atoms with E-state index in [-0.39, 0.29) is 4.75 Å². The first-order chi connectivity index (χ1) is 11.8. The van der Waals surface area contributed by atoms with Gasteiger partial charge in [0.05, 0.1) is 0 Å². The van der Waals surface area contributed by atoms with Crippen LogP contribution in [0.25, 0.3) is 0 Å². The van der Waals surface area contributed by atoms with Gasteiger partial charge in [-0.05, 0) is 59.3 Å². The average Bonchev–Trinajstić information content (AvgIpc) is 3.01. The van der Waals surface area contributed by atoms with Crippen LogP contribution in [-0.2, 0) is 15.5 Å². The van der Waals surface area contributed by atoms with E-state index in [1.54, 1.807) is 0 Å². The summed E-state index contributed by atoms with van der Waals surface area (Å²) >= 11 is 0. The molecule has 0 aromatic heterocycles. The molecule has 1 aliphatic carbocycles. The van der Waals surface area contributed by atoms with Crippen molar-refractivity contribution in [2.24, 2.45) is 10.4 Å². The summed E-state index contributed by atoms with van der Waals surface area (Å²) in [5, 5.41) is 6.66. The lowest BCUT2D eigenvalue weighted by molar-refractivity contribution is 0.107. The highest BCUT2D eigenvalue weighted by molar-refractivity contribution is 7.86. The van der Waals surface area contributed by atoms with E-state index < -0.39 is 10.8 Å². The first-order valence-corrected chi connectivity index (χ1v) is 11.1. The third kappa shape index (κ3) is 8.54. The average molecular weight is 374 g/mol. The van der Waals surface area contributed by atoms with Crippen molar-refractivity contribution in [2.75, 3.05) is 38.6 Å². The van der Waals surface area contributed by atoms with Gasteiger partial charge >= 0.3 is 0 Å². The van der Waals surface area contributed by atoms with Gasteiger partial charge < -0.3 is 15.4 Å².